The van der Waals surface area contributed by atoms with Crippen molar-refractivity contribution in [2.75, 3.05) is 19.7 Å². The van der Waals surface area contributed by atoms with Crippen LogP contribution in [0.25, 0.3) is 0 Å². The Bertz CT molecular complexity index is 807. The van der Waals surface area contributed by atoms with Gasteiger partial charge in [-0.1, -0.05) is 35.0 Å². The number of carbonyl (C=O) groups is 2. The second-order valence-corrected chi connectivity index (χ2v) is 7.02. The normalized spacial score (nSPS) is 10.7. The molecular weight excluding hydrogens is 397 g/mol. The second kappa shape index (κ2) is 9.30. The predicted octanol–water partition coefficient (Wildman–Crippen LogP) is 4.83. The molecule has 0 bridgehead atoms. The van der Waals surface area contributed by atoms with Crippen LogP contribution in [0.5, 0.6) is 0 Å². The van der Waals surface area contributed by atoms with Crippen molar-refractivity contribution in [3.05, 3.63) is 40.0 Å². The van der Waals surface area contributed by atoms with Gasteiger partial charge in [-0.3, -0.25) is 0 Å². The van der Waals surface area contributed by atoms with Crippen LogP contribution in [0.3, 0.4) is 0 Å². The van der Waals surface area contributed by atoms with Crippen LogP contribution in [-0.4, -0.2) is 46.4 Å². The summed E-state index contributed by atoms with van der Waals surface area (Å²) < 4.78 is 6.23. The molecule has 0 saturated heterocycles. The summed E-state index contributed by atoms with van der Waals surface area (Å²) in [4.78, 5) is 27.1. The van der Waals surface area contributed by atoms with E-state index in [-0.39, 0.29) is 18.2 Å². The average molecular weight is 416 g/mol. The van der Waals surface area contributed by atoms with Gasteiger partial charge in [0, 0.05) is 23.0 Å². The molecule has 6 nitrogen and oxygen atoms in total. The van der Waals surface area contributed by atoms with Crippen LogP contribution in [0.1, 0.15) is 31.1 Å². The van der Waals surface area contributed by atoms with Crippen LogP contribution in [0.15, 0.2) is 34.3 Å². The number of halogens is 2. The van der Waals surface area contributed by atoms with Gasteiger partial charge >= 0.3 is 12.0 Å². The van der Waals surface area contributed by atoms with E-state index in [9.17, 15) is 9.59 Å². The summed E-state index contributed by atoms with van der Waals surface area (Å²) in [5.74, 6) is -0.549. The summed E-state index contributed by atoms with van der Waals surface area (Å²) in [6.45, 7) is 6.75. The van der Waals surface area contributed by atoms with Gasteiger partial charge in [0.25, 0.3) is 0 Å². The molecule has 0 aliphatic rings. The summed E-state index contributed by atoms with van der Waals surface area (Å²) in [5, 5.41) is 5.59. The molecule has 1 amide bonds. The van der Waals surface area contributed by atoms with E-state index in [0.29, 0.717) is 33.1 Å². The minimum atomic E-state index is -0.549. The quantitative estimate of drug-likeness (QED) is 0.632. The maximum atomic E-state index is 12.5. The lowest BCUT2D eigenvalue weighted by Gasteiger charge is -2.17. The van der Waals surface area contributed by atoms with Gasteiger partial charge < -0.3 is 9.64 Å². The van der Waals surface area contributed by atoms with E-state index in [0.717, 1.165) is 16.4 Å². The van der Waals surface area contributed by atoms with Gasteiger partial charge in [-0.05, 0) is 39.0 Å². The number of hydrogen-bond acceptors (Lipinski definition) is 5. The van der Waals surface area contributed by atoms with E-state index in [1.165, 1.54) is 6.20 Å². The van der Waals surface area contributed by atoms with Crippen LogP contribution >= 0.6 is 35.0 Å². The zero-order chi connectivity index (χ0) is 19.3. The Balaban J connectivity index is 2.44. The van der Waals surface area contributed by atoms with E-state index in [1.54, 1.807) is 30.0 Å². The molecule has 0 radical (unpaired) electrons. The monoisotopic (exact) mass is 415 g/mol. The van der Waals surface area contributed by atoms with Gasteiger partial charge in [-0.25, -0.2) is 9.59 Å². The van der Waals surface area contributed by atoms with E-state index in [1.807, 2.05) is 13.8 Å². The van der Waals surface area contributed by atoms with E-state index < -0.39 is 5.97 Å². The molecule has 2 rings (SSSR count). The van der Waals surface area contributed by atoms with Gasteiger partial charge in [-0.2, -0.15) is 9.78 Å². The molecule has 0 atom stereocenters. The number of ether oxygens (including phenoxy) is 1. The zero-order valence-corrected chi connectivity index (χ0v) is 17.0. The molecule has 0 spiro atoms. The molecule has 1 aromatic carbocycles. The maximum Gasteiger partial charge on any atom is 0.344 e. The fourth-order valence-corrected chi connectivity index (χ4v) is 3.58. The van der Waals surface area contributed by atoms with Crippen molar-refractivity contribution < 1.29 is 14.3 Å². The largest absolute Gasteiger partial charge is 0.462 e. The Labute approximate surface area is 166 Å². The highest BCUT2D eigenvalue weighted by molar-refractivity contribution is 7.99. The van der Waals surface area contributed by atoms with Crippen LogP contribution < -0.4 is 0 Å². The molecule has 140 valence electrons. The standard InChI is InChI=1S/C17H19Cl2N3O3S/c1-4-21(5-2)17(24)22-10-12(16(23)25-6-3)15(20-22)26-14-9-11(18)7-8-13(14)19/h7-10H,4-6H2,1-3H3. The van der Waals surface area contributed by atoms with E-state index in [4.69, 9.17) is 27.9 Å². The lowest BCUT2D eigenvalue weighted by molar-refractivity contribution is 0.0522. The van der Waals surface area contributed by atoms with Gasteiger partial charge in [0.1, 0.15) is 10.6 Å². The molecule has 0 saturated carbocycles. The number of amides is 1. The second-order valence-electron chi connectivity index (χ2n) is 5.14. The third kappa shape index (κ3) is 4.72. The first-order valence-corrected chi connectivity index (χ1v) is 9.67. The van der Waals surface area contributed by atoms with Crippen LogP contribution in [-0.2, 0) is 4.74 Å². The minimum absolute atomic E-state index is 0.202. The number of rotatable bonds is 6. The fraction of sp³-hybridized carbons (Fsp3) is 0.353. The molecule has 0 aliphatic heterocycles. The summed E-state index contributed by atoms with van der Waals surface area (Å²) in [6, 6.07) is 4.69. The van der Waals surface area contributed by atoms with E-state index >= 15 is 0 Å². The van der Waals surface area contributed by atoms with Crippen molar-refractivity contribution in [1.29, 1.82) is 0 Å². The van der Waals surface area contributed by atoms with Gasteiger partial charge in [0.2, 0.25) is 0 Å². The SMILES string of the molecule is CCOC(=O)c1cn(C(=O)N(CC)CC)nc1Sc1cc(Cl)ccc1Cl. The summed E-state index contributed by atoms with van der Waals surface area (Å²) in [5.41, 5.74) is 0.202. The number of benzene rings is 1. The molecule has 0 unspecified atom stereocenters. The average Bonchev–Trinajstić information content (AvgIpc) is 3.03. The first kappa shape index (κ1) is 20.6. The summed E-state index contributed by atoms with van der Waals surface area (Å²) in [7, 11) is 0. The highest BCUT2D eigenvalue weighted by Gasteiger charge is 2.23. The first-order chi connectivity index (χ1) is 12.4. The molecule has 1 heterocycles. The number of hydrogen-bond donors (Lipinski definition) is 0. The van der Waals surface area contributed by atoms with Crippen LogP contribution in [0.2, 0.25) is 10.0 Å². The van der Waals surface area contributed by atoms with Gasteiger partial charge in [0.05, 0.1) is 17.8 Å². The summed E-state index contributed by atoms with van der Waals surface area (Å²) in [6.07, 6.45) is 1.39. The number of aromatic nitrogens is 2. The van der Waals surface area contributed by atoms with Crippen molar-refractivity contribution in [3.8, 4) is 0 Å². The minimum Gasteiger partial charge on any atom is -0.462 e. The maximum absolute atomic E-state index is 12.5. The third-order valence-corrected chi connectivity index (χ3v) is 5.23. The van der Waals surface area contributed by atoms with Crippen molar-refractivity contribution in [2.45, 2.75) is 30.7 Å². The highest BCUT2D eigenvalue weighted by atomic mass is 35.5. The molecule has 26 heavy (non-hydrogen) atoms. The Morgan fingerprint density at radius 2 is 1.92 bits per heavy atom. The molecular formula is C17H19Cl2N3O3S. The molecule has 9 heteroatoms. The lowest BCUT2D eigenvalue weighted by Crippen LogP contribution is -2.34. The Morgan fingerprint density at radius 1 is 1.23 bits per heavy atom. The van der Waals surface area contributed by atoms with Gasteiger partial charge in [-0.15, -0.1) is 0 Å². The highest BCUT2D eigenvalue weighted by Crippen LogP contribution is 2.36. The summed E-state index contributed by atoms with van der Waals surface area (Å²) >= 11 is 13.4. The molecule has 0 N–H and O–H groups in total. The van der Waals surface area contributed by atoms with E-state index in [2.05, 4.69) is 5.10 Å². The topological polar surface area (TPSA) is 64.4 Å². The predicted molar refractivity (Wildman–Crippen MR) is 102 cm³/mol. The number of esters is 1. The molecule has 0 aliphatic carbocycles. The Hall–Kier alpha value is -1.70. The smallest absolute Gasteiger partial charge is 0.344 e. The first-order valence-electron chi connectivity index (χ1n) is 8.10. The Morgan fingerprint density at radius 3 is 2.54 bits per heavy atom. The van der Waals surface area contributed by atoms with Crippen molar-refractivity contribution in [3.63, 3.8) is 0 Å². The van der Waals surface area contributed by atoms with Crippen molar-refractivity contribution in [2.24, 2.45) is 0 Å². The number of carbonyl (C=O) groups excluding carboxylic acids is 2. The number of nitrogens with zero attached hydrogens (tertiary/aromatic N) is 3. The third-order valence-electron chi connectivity index (χ3n) is 3.51. The lowest BCUT2D eigenvalue weighted by atomic mass is 10.4. The fourth-order valence-electron chi connectivity index (χ4n) is 2.18. The van der Waals surface area contributed by atoms with Gasteiger partial charge in [0.15, 0.2) is 0 Å². The Kier molecular flexibility index (Phi) is 7.37. The molecule has 1 aromatic heterocycles. The van der Waals surface area contributed by atoms with Crippen LogP contribution in [0, 0.1) is 0 Å². The van der Waals surface area contributed by atoms with Crippen molar-refractivity contribution >= 4 is 47.0 Å². The zero-order valence-electron chi connectivity index (χ0n) is 14.7. The van der Waals surface area contributed by atoms with Crippen LogP contribution in [0.4, 0.5) is 4.79 Å². The molecule has 0 fully saturated rings. The van der Waals surface area contributed by atoms with Crippen molar-refractivity contribution in [1.82, 2.24) is 14.7 Å². The molecule has 2 aromatic rings.